The molecule has 0 spiro atoms. The van der Waals surface area contributed by atoms with Gasteiger partial charge < -0.3 is 0 Å². The van der Waals surface area contributed by atoms with Gasteiger partial charge in [-0.3, -0.25) is 4.98 Å². The van der Waals surface area contributed by atoms with Crippen molar-refractivity contribution in [2.45, 2.75) is 13.8 Å². The van der Waals surface area contributed by atoms with Gasteiger partial charge in [-0.1, -0.05) is 65.7 Å². The number of aryl methyl sites for hydroxylation is 2. The summed E-state index contributed by atoms with van der Waals surface area (Å²) in [7, 11) is 0. The lowest BCUT2D eigenvalue weighted by molar-refractivity contribution is 0.642. The van der Waals surface area contributed by atoms with Gasteiger partial charge in [0.15, 0.2) is 0 Å². The van der Waals surface area contributed by atoms with Crippen LogP contribution in [-0.4, -0.2) is 4.98 Å². The van der Waals surface area contributed by atoms with E-state index in [-0.39, 0.29) is 5.82 Å². The summed E-state index contributed by atoms with van der Waals surface area (Å²) in [6, 6.07) is 26.6. The number of halogens is 1. The third-order valence-electron chi connectivity index (χ3n) is 6.21. The van der Waals surface area contributed by atoms with Gasteiger partial charge in [0.1, 0.15) is 5.82 Å². The van der Waals surface area contributed by atoms with Crippen molar-refractivity contribution in [3.05, 3.63) is 102 Å². The van der Waals surface area contributed by atoms with Crippen molar-refractivity contribution in [3.63, 3.8) is 0 Å². The number of nitrogens with zero attached hydrogens (tertiary/aromatic N) is 1. The maximum Gasteiger partial charge on any atom is 0.132 e. The summed E-state index contributed by atoms with van der Waals surface area (Å²) >= 11 is 0. The molecule has 0 N–H and O–H groups in total. The molecule has 0 unspecified atom stereocenters. The Morgan fingerprint density at radius 2 is 1.32 bits per heavy atom. The molecule has 1 heterocycles. The van der Waals surface area contributed by atoms with Crippen molar-refractivity contribution < 1.29 is 4.39 Å². The van der Waals surface area contributed by atoms with Gasteiger partial charge in [-0.2, -0.15) is 0 Å². The standard InChI is InChI=1S/C29H20FN/c1-17-13-18(2)15-20(14-17)29-25-10-9-23-22-8-7-19-5-3-4-6-21(19)26(22)16-27(30)28(23)24(25)11-12-31-29/h3-16H,1-2H3. The van der Waals surface area contributed by atoms with Crippen LogP contribution >= 0.6 is 0 Å². The molecule has 0 amide bonds. The van der Waals surface area contributed by atoms with Crippen molar-refractivity contribution in [2.24, 2.45) is 0 Å². The number of fused-ring (bicyclic) bond motifs is 7. The van der Waals surface area contributed by atoms with Crippen LogP contribution in [0.25, 0.3) is 54.3 Å². The SMILES string of the molecule is Cc1cc(C)cc(-c2nccc3c2ccc2c4ccc5ccccc5c4cc(F)c32)c1. The van der Waals surface area contributed by atoms with Crippen LogP contribution in [0.4, 0.5) is 4.39 Å². The van der Waals surface area contributed by atoms with Gasteiger partial charge in [0.05, 0.1) is 5.69 Å². The zero-order valence-corrected chi connectivity index (χ0v) is 17.4. The molecule has 0 saturated heterocycles. The van der Waals surface area contributed by atoms with Crippen LogP contribution in [0, 0.1) is 19.7 Å². The summed E-state index contributed by atoms with van der Waals surface area (Å²) in [4.78, 5) is 4.68. The quantitative estimate of drug-likeness (QED) is 0.254. The fraction of sp³-hybridized carbons (Fsp3) is 0.0690. The van der Waals surface area contributed by atoms with Crippen LogP contribution in [0.5, 0.6) is 0 Å². The Hall–Kier alpha value is -3.78. The molecule has 6 rings (SSSR count). The van der Waals surface area contributed by atoms with Crippen molar-refractivity contribution in [2.75, 3.05) is 0 Å². The van der Waals surface area contributed by atoms with Crippen LogP contribution in [-0.2, 0) is 0 Å². The second kappa shape index (κ2) is 6.61. The molecule has 0 atom stereocenters. The molecule has 1 nitrogen and oxygen atoms in total. The minimum Gasteiger partial charge on any atom is -0.256 e. The van der Waals surface area contributed by atoms with Gasteiger partial charge in [-0.05, 0) is 70.4 Å². The number of hydrogen-bond acceptors (Lipinski definition) is 1. The van der Waals surface area contributed by atoms with E-state index >= 15 is 4.39 Å². The van der Waals surface area contributed by atoms with E-state index < -0.39 is 0 Å². The zero-order valence-electron chi connectivity index (χ0n) is 17.4. The predicted molar refractivity (Wildman–Crippen MR) is 129 cm³/mol. The highest BCUT2D eigenvalue weighted by Crippen LogP contribution is 2.38. The van der Waals surface area contributed by atoms with Crippen LogP contribution in [0.15, 0.2) is 85.1 Å². The van der Waals surface area contributed by atoms with Crippen molar-refractivity contribution >= 4 is 43.1 Å². The first-order chi connectivity index (χ1) is 15.1. The smallest absolute Gasteiger partial charge is 0.132 e. The second-order valence-electron chi connectivity index (χ2n) is 8.36. The minimum atomic E-state index is -0.193. The van der Waals surface area contributed by atoms with E-state index in [1.165, 1.54) is 11.1 Å². The normalized spacial score (nSPS) is 11.7. The maximum atomic E-state index is 15.6. The largest absolute Gasteiger partial charge is 0.256 e. The Bertz CT molecular complexity index is 1640. The van der Waals surface area contributed by atoms with Gasteiger partial charge in [-0.25, -0.2) is 4.39 Å². The van der Waals surface area contributed by atoms with Gasteiger partial charge in [0, 0.05) is 22.5 Å². The lowest BCUT2D eigenvalue weighted by Gasteiger charge is -2.13. The molecular formula is C29H20FN. The molecule has 2 heteroatoms. The Labute approximate surface area is 179 Å². The molecule has 0 bridgehead atoms. The number of benzene rings is 5. The third kappa shape index (κ3) is 2.72. The molecule has 148 valence electrons. The number of aromatic nitrogens is 1. The Morgan fingerprint density at radius 1 is 0.613 bits per heavy atom. The molecule has 0 aliphatic heterocycles. The van der Waals surface area contributed by atoms with Crippen LogP contribution in [0.3, 0.4) is 0 Å². The first kappa shape index (κ1) is 18.0. The topological polar surface area (TPSA) is 12.9 Å². The van der Waals surface area contributed by atoms with E-state index in [0.29, 0.717) is 5.39 Å². The molecule has 31 heavy (non-hydrogen) atoms. The summed E-state index contributed by atoms with van der Waals surface area (Å²) in [5.74, 6) is -0.193. The Balaban J connectivity index is 1.74. The van der Waals surface area contributed by atoms with Gasteiger partial charge in [-0.15, -0.1) is 0 Å². The maximum absolute atomic E-state index is 15.6. The van der Waals surface area contributed by atoms with Gasteiger partial charge >= 0.3 is 0 Å². The average molecular weight is 401 g/mol. The minimum absolute atomic E-state index is 0.193. The molecule has 0 aliphatic rings. The fourth-order valence-corrected chi connectivity index (χ4v) is 4.96. The van der Waals surface area contributed by atoms with Crippen molar-refractivity contribution in [1.29, 1.82) is 0 Å². The monoisotopic (exact) mass is 401 g/mol. The Morgan fingerprint density at radius 3 is 2.16 bits per heavy atom. The highest BCUT2D eigenvalue weighted by atomic mass is 19.1. The van der Waals surface area contributed by atoms with E-state index in [0.717, 1.165) is 49.0 Å². The fourth-order valence-electron chi connectivity index (χ4n) is 4.96. The van der Waals surface area contributed by atoms with E-state index in [1.54, 1.807) is 12.3 Å². The lowest BCUT2D eigenvalue weighted by Crippen LogP contribution is -1.91. The molecule has 0 saturated carbocycles. The summed E-state index contributed by atoms with van der Waals surface area (Å²) in [6.07, 6.45) is 1.79. The molecule has 6 aromatic rings. The molecule has 0 fully saturated rings. The lowest BCUT2D eigenvalue weighted by atomic mass is 9.92. The van der Waals surface area contributed by atoms with Gasteiger partial charge in [0.2, 0.25) is 0 Å². The first-order valence-corrected chi connectivity index (χ1v) is 10.5. The summed E-state index contributed by atoms with van der Waals surface area (Å²) < 4.78 is 15.6. The summed E-state index contributed by atoms with van der Waals surface area (Å²) in [5.41, 5.74) is 4.34. The number of rotatable bonds is 1. The molecule has 0 radical (unpaired) electrons. The number of hydrogen-bond donors (Lipinski definition) is 0. The molecule has 0 aliphatic carbocycles. The predicted octanol–water partition coefficient (Wildman–Crippen LogP) is 8.12. The molecular weight excluding hydrogens is 381 g/mol. The van der Waals surface area contributed by atoms with E-state index in [2.05, 4.69) is 67.4 Å². The molecule has 1 aromatic heterocycles. The average Bonchev–Trinajstić information content (AvgIpc) is 2.77. The number of pyridine rings is 1. The molecule has 5 aromatic carbocycles. The first-order valence-electron chi connectivity index (χ1n) is 10.5. The zero-order chi connectivity index (χ0) is 21.1. The van der Waals surface area contributed by atoms with Crippen molar-refractivity contribution in [1.82, 2.24) is 4.98 Å². The van der Waals surface area contributed by atoms with Crippen LogP contribution < -0.4 is 0 Å². The van der Waals surface area contributed by atoms with E-state index in [9.17, 15) is 0 Å². The van der Waals surface area contributed by atoms with Crippen molar-refractivity contribution in [3.8, 4) is 11.3 Å². The summed E-state index contributed by atoms with van der Waals surface area (Å²) in [5, 5.41) is 7.68. The van der Waals surface area contributed by atoms with Gasteiger partial charge in [0.25, 0.3) is 0 Å². The van der Waals surface area contributed by atoms with Crippen LogP contribution in [0.2, 0.25) is 0 Å². The third-order valence-corrected chi connectivity index (χ3v) is 6.21. The second-order valence-corrected chi connectivity index (χ2v) is 8.36. The van der Waals surface area contributed by atoms with E-state index in [4.69, 9.17) is 0 Å². The van der Waals surface area contributed by atoms with E-state index in [1.807, 2.05) is 24.3 Å². The highest BCUT2D eigenvalue weighted by Gasteiger charge is 2.15. The van der Waals surface area contributed by atoms with Crippen LogP contribution in [0.1, 0.15) is 11.1 Å². The Kier molecular flexibility index (Phi) is 3.85. The highest BCUT2D eigenvalue weighted by molar-refractivity contribution is 6.23. The summed E-state index contributed by atoms with van der Waals surface area (Å²) in [6.45, 7) is 4.18.